The Morgan fingerprint density at radius 2 is 2.11 bits per heavy atom. The first-order valence-electron chi connectivity index (χ1n) is 5.97. The van der Waals surface area contributed by atoms with Crippen molar-refractivity contribution in [2.24, 2.45) is 0 Å². The Hall–Kier alpha value is -1.69. The number of carboxylic acid groups (broad SMARTS) is 1. The van der Waals surface area contributed by atoms with Gasteiger partial charge in [-0.1, -0.05) is 0 Å². The van der Waals surface area contributed by atoms with Crippen LogP contribution in [0.1, 0.15) is 18.4 Å². The molecule has 0 aliphatic carbocycles. The number of hydrogen-bond donors (Lipinski definition) is 1. The fourth-order valence-electron chi connectivity index (χ4n) is 2.16. The first-order valence-corrected chi connectivity index (χ1v) is 7.53. The van der Waals surface area contributed by atoms with E-state index in [4.69, 9.17) is 5.11 Å². The number of carbonyl (C=O) groups is 2. The lowest BCUT2D eigenvalue weighted by Crippen LogP contribution is -2.29. The first kappa shape index (κ1) is 13.7. The van der Waals surface area contributed by atoms with Crippen LogP contribution in [0.15, 0.2) is 23.1 Å². The van der Waals surface area contributed by atoms with Crippen molar-refractivity contribution in [3.05, 3.63) is 23.8 Å². The van der Waals surface area contributed by atoms with Crippen molar-refractivity contribution >= 4 is 28.4 Å². The maximum atomic E-state index is 11.9. The molecule has 2 rings (SSSR count). The van der Waals surface area contributed by atoms with Crippen LogP contribution in [0.5, 0.6) is 0 Å². The van der Waals surface area contributed by atoms with Crippen LogP contribution in [-0.4, -0.2) is 34.0 Å². The molecule has 19 heavy (non-hydrogen) atoms. The predicted molar refractivity (Wildman–Crippen MR) is 71.7 cm³/mol. The summed E-state index contributed by atoms with van der Waals surface area (Å²) in [5, 5.41) is 8.59. The number of benzene rings is 1. The van der Waals surface area contributed by atoms with Gasteiger partial charge in [-0.3, -0.25) is 13.8 Å². The molecule has 0 spiro atoms. The molecule has 0 radical (unpaired) electrons. The Kier molecular flexibility index (Phi) is 3.99. The van der Waals surface area contributed by atoms with E-state index in [0.717, 1.165) is 22.6 Å². The molecular formula is C13H15NO4S. The van der Waals surface area contributed by atoms with Gasteiger partial charge in [0.15, 0.2) is 0 Å². The average Bonchev–Trinajstić information content (AvgIpc) is 2.78. The average molecular weight is 281 g/mol. The summed E-state index contributed by atoms with van der Waals surface area (Å²) in [6.45, 7) is 0.563. The van der Waals surface area contributed by atoms with Crippen molar-refractivity contribution in [3.8, 4) is 0 Å². The van der Waals surface area contributed by atoms with Crippen molar-refractivity contribution in [2.75, 3.05) is 17.7 Å². The summed E-state index contributed by atoms with van der Waals surface area (Å²) >= 11 is 0. The van der Waals surface area contributed by atoms with Gasteiger partial charge in [-0.15, -0.1) is 0 Å². The lowest BCUT2D eigenvalue weighted by atomic mass is 10.2. The van der Waals surface area contributed by atoms with Gasteiger partial charge in [0.1, 0.15) is 0 Å². The normalized spacial score (nSPS) is 15.1. The molecule has 0 aromatic heterocycles. The van der Waals surface area contributed by atoms with Crippen LogP contribution in [0.2, 0.25) is 0 Å². The van der Waals surface area contributed by atoms with E-state index < -0.39 is 16.8 Å². The molecule has 1 aromatic rings. The van der Waals surface area contributed by atoms with Crippen LogP contribution in [-0.2, 0) is 26.8 Å². The molecule has 0 saturated heterocycles. The molecule has 0 bridgehead atoms. The number of hydrogen-bond acceptors (Lipinski definition) is 3. The lowest BCUT2D eigenvalue weighted by Gasteiger charge is -2.17. The van der Waals surface area contributed by atoms with Crippen LogP contribution in [0.4, 0.5) is 5.69 Å². The quantitative estimate of drug-likeness (QED) is 0.899. The molecule has 5 nitrogen and oxygen atoms in total. The SMILES string of the molecule is CS(=O)c1ccc2c(c1)CCN2C(=O)CCC(=O)O. The monoisotopic (exact) mass is 281 g/mol. The number of aliphatic carboxylic acids is 1. The number of amides is 1. The van der Waals surface area contributed by atoms with Crippen molar-refractivity contribution in [1.29, 1.82) is 0 Å². The molecule has 1 aromatic carbocycles. The predicted octanol–water partition coefficient (Wildman–Crippen LogP) is 1.18. The molecule has 0 saturated carbocycles. The van der Waals surface area contributed by atoms with E-state index in [2.05, 4.69) is 0 Å². The van der Waals surface area contributed by atoms with Gasteiger partial charge in [-0.25, -0.2) is 0 Å². The van der Waals surface area contributed by atoms with Crippen LogP contribution in [0.3, 0.4) is 0 Å². The highest BCUT2D eigenvalue weighted by atomic mass is 32.2. The van der Waals surface area contributed by atoms with E-state index in [-0.39, 0.29) is 18.7 Å². The second-order valence-electron chi connectivity index (χ2n) is 4.43. The maximum absolute atomic E-state index is 11.9. The Labute approximate surface area is 113 Å². The number of carbonyl (C=O) groups excluding carboxylic acids is 1. The molecule has 1 aliphatic rings. The summed E-state index contributed by atoms with van der Waals surface area (Å²) in [4.78, 5) is 24.8. The minimum Gasteiger partial charge on any atom is -0.481 e. The molecule has 0 fully saturated rings. The highest BCUT2D eigenvalue weighted by molar-refractivity contribution is 7.84. The number of anilines is 1. The van der Waals surface area contributed by atoms with Gasteiger partial charge in [0, 0.05) is 40.6 Å². The molecule has 102 valence electrons. The van der Waals surface area contributed by atoms with Gasteiger partial charge in [0.2, 0.25) is 5.91 Å². The third-order valence-corrected chi connectivity index (χ3v) is 4.05. The molecule has 6 heteroatoms. The summed E-state index contributed by atoms with van der Waals surface area (Å²) < 4.78 is 11.4. The standard InChI is InChI=1S/C13H15NO4S/c1-19(18)10-2-3-11-9(8-10)6-7-14(11)12(15)4-5-13(16)17/h2-3,8H,4-7H2,1H3,(H,16,17). The zero-order valence-corrected chi connectivity index (χ0v) is 11.4. The smallest absolute Gasteiger partial charge is 0.303 e. The number of carboxylic acids is 1. The fraction of sp³-hybridized carbons (Fsp3) is 0.385. The minimum atomic E-state index is -1.03. The third kappa shape index (κ3) is 3.01. The van der Waals surface area contributed by atoms with E-state index in [0.29, 0.717) is 6.54 Å². The van der Waals surface area contributed by atoms with Crippen molar-refractivity contribution in [3.63, 3.8) is 0 Å². The Bertz CT molecular complexity index is 556. The van der Waals surface area contributed by atoms with Gasteiger partial charge in [-0.2, -0.15) is 0 Å². The van der Waals surface area contributed by atoms with Gasteiger partial charge < -0.3 is 10.0 Å². The number of fused-ring (bicyclic) bond motifs is 1. The Morgan fingerprint density at radius 3 is 2.74 bits per heavy atom. The van der Waals surface area contributed by atoms with E-state index in [1.165, 1.54) is 0 Å². The highest BCUT2D eigenvalue weighted by Crippen LogP contribution is 2.30. The maximum Gasteiger partial charge on any atom is 0.303 e. The van der Waals surface area contributed by atoms with E-state index in [1.807, 2.05) is 6.07 Å². The van der Waals surface area contributed by atoms with E-state index in [1.54, 1.807) is 23.3 Å². The van der Waals surface area contributed by atoms with Gasteiger partial charge >= 0.3 is 5.97 Å². The summed E-state index contributed by atoms with van der Waals surface area (Å²) in [5.74, 6) is -1.14. The molecule has 1 heterocycles. The fourth-order valence-corrected chi connectivity index (χ4v) is 2.73. The van der Waals surface area contributed by atoms with Crippen molar-refractivity contribution in [1.82, 2.24) is 0 Å². The van der Waals surface area contributed by atoms with Crippen molar-refractivity contribution in [2.45, 2.75) is 24.2 Å². The lowest BCUT2D eigenvalue weighted by molar-refractivity contribution is -0.138. The second-order valence-corrected chi connectivity index (χ2v) is 5.81. The molecular weight excluding hydrogens is 266 g/mol. The van der Waals surface area contributed by atoms with Gasteiger partial charge in [-0.05, 0) is 30.2 Å². The first-order chi connectivity index (χ1) is 8.99. The summed E-state index contributed by atoms with van der Waals surface area (Å²) in [6.07, 6.45) is 2.20. The van der Waals surface area contributed by atoms with E-state index in [9.17, 15) is 13.8 Å². The molecule has 1 atom stereocenters. The van der Waals surface area contributed by atoms with Gasteiger partial charge in [0.25, 0.3) is 0 Å². The summed E-state index contributed by atoms with van der Waals surface area (Å²) in [7, 11) is -1.03. The Morgan fingerprint density at radius 1 is 1.37 bits per heavy atom. The summed E-state index contributed by atoms with van der Waals surface area (Å²) in [6, 6.07) is 5.39. The zero-order chi connectivity index (χ0) is 14.0. The zero-order valence-electron chi connectivity index (χ0n) is 10.6. The highest BCUT2D eigenvalue weighted by Gasteiger charge is 2.25. The van der Waals surface area contributed by atoms with Crippen LogP contribution < -0.4 is 4.90 Å². The van der Waals surface area contributed by atoms with Crippen molar-refractivity contribution < 1.29 is 18.9 Å². The van der Waals surface area contributed by atoms with Crippen LogP contribution in [0, 0.1) is 0 Å². The summed E-state index contributed by atoms with van der Waals surface area (Å²) in [5.41, 5.74) is 1.81. The number of nitrogens with zero attached hydrogens (tertiary/aromatic N) is 1. The number of rotatable bonds is 4. The topological polar surface area (TPSA) is 74.7 Å². The third-order valence-electron chi connectivity index (χ3n) is 3.13. The molecule has 1 N–H and O–H groups in total. The molecule has 1 amide bonds. The Balaban J connectivity index is 2.16. The van der Waals surface area contributed by atoms with E-state index >= 15 is 0 Å². The minimum absolute atomic E-state index is 0.0102. The molecule has 1 unspecified atom stereocenters. The second kappa shape index (κ2) is 5.52. The van der Waals surface area contributed by atoms with Crippen LogP contribution in [0.25, 0.3) is 0 Å². The van der Waals surface area contributed by atoms with Gasteiger partial charge in [0.05, 0.1) is 6.42 Å². The largest absolute Gasteiger partial charge is 0.481 e. The molecule has 1 aliphatic heterocycles. The van der Waals surface area contributed by atoms with Crippen LogP contribution >= 0.6 is 0 Å².